The molecular weight excluding hydrogens is 319 g/mol. The lowest BCUT2D eigenvalue weighted by atomic mass is 10.0. The van der Waals surface area contributed by atoms with Crippen LogP contribution < -0.4 is 0 Å². The van der Waals surface area contributed by atoms with Crippen molar-refractivity contribution in [3.05, 3.63) is 47.1 Å². The van der Waals surface area contributed by atoms with Crippen LogP contribution in [0.15, 0.2) is 33.7 Å². The lowest BCUT2D eigenvalue weighted by Crippen LogP contribution is -2.31. The summed E-state index contributed by atoms with van der Waals surface area (Å²) in [5.41, 5.74) is 1.60. The molecule has 0 N–H and O–H groups in total. The van der Waals surface area contributed by atoms with Gasteiger partial charge in [0.2, 0.25) is 10.0 Å². The Morgan fingerprint density at radius 2 is 2.04 bits per heavy atom. The summed E-state index contributed by atoms with van der Waals surface area (Å²) in [7, 11) is -3.68. The van der Waals surface area contributed by atoms with E-state index in [1.165, 1.54) is 28.6 Å². The molecule has 1 saturated heterocycles. The van der Waals surface area contributed by atoms with Crippen molar-refractivity contribution in [3.8, 4) is 0 Å². The van der Waals surface area contributed by atoms with Gasteiger partial charge in [0.1, 0.15) is 11.6 Å². The van der Waals surface area contributed by atoms with Crippen molar-refractivity contribution in [2.45, 2.75) is 44.0 Å². The lowest BCUT2D eigenvalue weighted by molar-refractivity contribution is 0.368. The molecule has 1 aliphatic rings. The highest BCUT2D eigenvalue weighted by Gasteiger charge is 2.39. The highest BCUT2D eigenvalue weighted by atomic mass is 32.2. The van der Waals surface area contributed by atoms with Gasteiger partial charge in [0.05, 0.1) is 16.6 Å². The summed E-state index contributed by atoms with van der Waals surface area (Å²) < 4.78 is 45.7. The summed E-state index contributed by atoms with van der Waals surface area (Å²) in [5.74, 6) is 0.277. The molecule has 0 saturated carbocycles. The zero-order valence-corrected chi connectivity index (χ0v) is 13.9. The normalized spacial score (nSPS) is 19.3. The predicted molar refractivity (Wildman–Crippen MR) is 82.9 cm³/mol. The fraction of sp³-hybridized carbons (Fsp3) is 0.438. The molecule has 124 valence electrons. The Hall–Kier alpha value is -1.73. The summed E-state index contributed by atoms with van der Waals surface area (Å²) >= 11 is 0. The zero-order chi connectivity index (χ0) is 16.6. The number of sulfonamides is 1. The van der Waals surface area contributed by atoms with Gasteiger partial charge in [-0.25, -0.2) is 12.8 Å². The number of benzene rings is 1. The number of aromatic nitrogens is 1. The quantitative estimate of drug-likeness (QED) is 0.859. The van der Waals surface area contributed by atoms with E-state index in [9.17, 15) is 12.8 Å². The number of aryl methyl sites for hydroxylation is 2. The molecule has 2 aromatic rings. The van der Waals surface area contributed by atoms with Crippen LogP contribution in [0.3, 0.4) is 0 Å². The van der Waals surface area contributed by atoms with Crippen LogP contribution in [0.25, 0.3) is 0 Å². The first-order valence-corrected chi connectivity index (χ1v) is 9.11. The van der Waals surface area contributed by atoms with Crippen molar-refractivity contribution in [1.29, 1.82) is 0 Å². The van der Waals surface area contributed by atoms with Crippen LogP contribution >= 0.6 is 0 Å². The Kier molecular flexibility index (Phi) is 4.25. The molecule has 1 aromatic heterocycles. The smallest absolute Gasteiger partial charge is 0.243 e. The molecule has 1 aromatic carbocycles. The van der Waals surface area contributed by atoms with Gasteiger partial charge >= 0.3 is 0 Å². The number of rotatable bonds is 4. The zero-order valence-electron chi connectivity index (χ0n) is 13.1. The molecule has 0 radical (unpaired) electrons. The van der Waals surface area contributed by atoms with Gasteiger partial charge in [-0.15, -0.1) is 0 Å². The molecule has 1 atom stereocenters. The second kappa shape index (κ2) is 6.05. The van der Waals surface area contributed by atoms with Crippen molar-refractivity contribution in [2.24, 2.45) is 0 Å². The van der Waals surface area contributed by atoms with E-state index in [0.717, 1.165) is 29.9 Å². The molecule has 0 unspecified atom stereocenters. The van der Waals surface area contributed by atoms with Crippen molar-refractivity contribution in [1.82, 2.24) is 9.46 Å². The van der Waals surface area contributed by atoms with E-state index in [4.69, 9.17) is 4.52 Å². The monoisotopic (exact) mass is 338 g/mol. The van der Waals surface area contributed by atoms with Crippen LogP contribution in [-0.2, 0) is 16.4 Å². The minimum absolute atomic E-state index is 0.109. The molecule has 3 rings (SSSR count). The molecule has 5 nitrogen and oxygen atoms in total. The maximum absolute atomic E-state index is 13.1. The Labute approximate surface area is 135 Å². The fourth-order valence-corrected chi connectivity index (χ4v) is 4.83. The van der Waals surface area contributed by atoms with Gasteiger partial charge in [-0.1, -0.05) is 12.1 Å². The largest absolute Gasteiger partial charge is 0.361 e. The summed E-state index contributed by atoms with van der Waals surface area (Å²) in [6.45, 7) is 4.23. The van der Waals surface area contributed by atoms with Gasteiger partial charge in [0.15, 0.2) is 0 Å². The minimum Gasteiger partial charge on any atom is -0.361 e. The number of nitrogens with zero attached hydrogens (tertiary/aromatic N) is 2. The maximum Gasteiger partial charge on any atom is 0.243 e. The minimum atomic E-state index is -3.68. The molecule has 0 amide bonds. The van der Waals surface area contributed by atoms with Crippen LogP contribution in [0, 0.1) is 12.7 Å². The third-order valence-electron chi connectivity index (χ3n) is 4.26. The first kappa shape index (κ1) is 16.1. The Morgan fingerprint density at radius 3 is 2.70 bits per heavy atom. The van der Waals surface area contributed by atoms with Crippen molar-refractivity contribution in [2.75, 3.05) is 6.54 Å². The molecular formula is C16H19FN2O3S. The maximum atomic E-state index is 13.1. The lowest BCUT2D eigenvalue weighted by Gasteiger charge is -2.24. The van der Waals surface area contributed by atoms with Crippen molar-refractivity contribution in [3.63, 3.8) is 0 Å². The second-order valence-electron chi connectivity index (χ2n) is 5.69. The van der Waals surface area contributed by atoms with E-state index in [2.05, 4.69) is 5.16 Å². The molecule has 2 heterocycles. The van der Waals surface area contributed by atoms with E-state index in [1.807, 2.05) is 13.8 Å². The Morgan fingerprint density at radius 1 is 1.35 bits per heavy atom. The molecule has 7 heteroatoms. The van der Waals surface area contributed by atoms with Crippen LogP contribution in [0.4, 0.5) is 4.39 Å². The average molecular weight is 338 g/mol. The summed E-state index contributed by atoms with van der Waals surface area (Å²) in [4.78, 5) is 0.109. The van der Waals surface area contributed by atoms with Gasteiger partial charge in [-0.05, 0) is 44.0 Å². The molecule has 23 heavy (non-hydrogen) atoms. The van der Waals surface area contributed by atoms with Gasteiger partial charge in [-0.2, -0.15) is 4.31 Å². The Balaban J connectivity index is 2.01. The summed E-state index contributed by atoms with van der Waals surface area (Å²) in [5, 5.41) is 3.99. The predicted octanol–water partition coefficient (Wildman–Crippen LogP) is 3.21. The van der Waals surface area contributed by atoms with Gasteiger partial charge in [0, 0.05) is 18.5 Å². The summed E-state index contributed by atoms with van der Waals surface area (Å²) in [6, 6.07) is 4.68. The van der Waals surface area contributed by atoms with E-state index >= 15 is 0 Å². The van der Waals surface area contributed by atoms with Crippen molar-refractivity contribution >= 4 is 10.0 Å². The van der Waals surface area contributed by atoms with E-state index in [-0.39, 0.29) is 10.9 Å². The van der Waals surface area contributed by atoms with Gasteiger partial charge < -0.3 is 4.52 Å². The highest BCUT2D eigenvalue weighted by molar-refractivity contribution is 7.89. The second-order valence-corrected chi connectivity index (χ2v) is 7.58. The fourth-order valence-electron chi connectivity index (χ4n) is 3.16. The average Bonchev–Trinajstić information content (AvgIpc) is 3.13. The number of halogens is 1. The number of hydrogen-bond acceptors (Lipinski definition) is 4. The summed E-state index contributed by atoms with van der Waals surface area (Å²) in [6.07, 6.45) is 2.17. The standard InChI is InChI=1S/C16H19FN2O3S/c1-3-15-16(11(2)18-22-15)14-5-4-10-19(14)23(20,21)13-8-6-12(17)7-9-13/h6-9,14H,3-5,10H2,1-2H3/t14-/m1/s1. The number of hydrogen-bond donors (Lipinski definition) is 0. The van der Waals surface area contributed by atoms with Crippen LogP contribution in [-0.4, -0.2) is 24.4 Å². The van der Waals surface area contributed by atoms with Gasteiger partial charge in [-0.3, -0.25) is 0 Å². The first-order chi connectivity index (χ1) is 10.9. The molecule has 1 fully saturated rings. The highest BCUT2D eigenvalue weighted by Crippen LogP contribution is 2.39. The third-order valence-corrected chi connectivity index (χ3v) is 6.18. The topological polar surface area (TPSA) is 63.4 Å². The van der Waals surface area contributed by atoms with Crippen molar-refractivity contribution < 1.29 is 17.3 Å². The third kappa shape index (κ3) is 2.79. The van der Waals surface area contributed by atoms with E-state index < -0.39 is 15.8 Å². The van der Waals surface area contributed by atoms with Crippen LogP contribution in [0.2, 0.25) is 0 Å². The Bertz CT molecular complexity index is 799. The first-order valence-electron chi connectivity index (χ1n) is 7.67. The van der Waals surface area contributed by atoms with Crippen LogP contribution in [0.5, 0.6) is 0 Å². The van der Waals surface area contributed by atoms with E-state index in [0.29, 0.717) is 13.0 Å². The molecule has 0 aliphatic carbocycles. The molecule has 0 spiro atoms. The van der Waals surface area contributed by atoms with Crippen LogP contribution in [0.1, 0.15) is 42.8 Å². The molecule has 0 bridgehead atoms. The molecule has 1 aliphatic heterocycles. The van der Waals surface area contributed by atoms with Gasteiger partial charge in [0.25, 0.3) is 0 Å². The van der Waals surface area contributed by atoms with E-state index in [1.54, 1.807) is 0 Å². The SMILES string of the molecule is CCc1onc(C)c1[C@H]1CCCN1S(=O)(=O)c1ccc(F)cc1.